The Kier molecular flexibility index (Phi) is 3.70. The SMILES string of the molecule is CC1=CCCC(C)(C)C1C1OCCC(C)S1. The zero-order chi connectivity index (χ0) is 11.8. The topological polar surface area (TPSA) is 9.23 Å². The minimum Gasteiger partial charge on any atom is -0.367 e. The molecule has 3 atom stereocenters. The summed E-state index contributed by atoms with van der Waals surface area (Å²) in [5, 5.41) is 0.754. The molecule has 2 heteroatoms. The molecule has 1 nitrogen and oxygen atoms in total. The van der Waals surface area contributed by atoms with Crippen LogP contribution in [0.15, 0.2) is 11.6 Å². The van der Waals surface area contributed by atoms with Gasteiger partial charge in [0.1, 0.15) is 5.44 Å². The van der Waals surface area contributed by atoms with E-state index in [1.165, 1.54) is 19.3 Å². The summed E-state index contributed by atoms with van der Waals surface area (Å²) in [6, 6.07) is 0. The smallest absolute Gasteiger partial charge is 0.110 e. The van der Waals surface area contributed by atoms with E-state index in [1.54, 1.807) is 5.57 Å². The van der Waals surface area contributed by atoms with Crippen LogP contribution in [-0.2, 0) is 4.74 Å². The van der Waals surface area contributed by atoms with E-state index in [4.69, 9.17) is 4.74 Å². The molecule has 0 amide bonds. The number of ether oxygens (including phenoxy) is 1. The van der Waals surface area contributed by atoms with E-state index >= 15 is 0 Å². The molecular weight excluding hydrogens is 216 g/mol. The number of thioether (sulfide) groups is 1. The van der Waals surface area contributed by atoms with E-state index in [1.807, 2.05) is 11.8 Å². The van der Waals surface area contributed by atoms with Crippen LogP contribution in [0.1, 0.15) is 47.0 Å². The molecule has 0 aromatic heterocycles. The first kappa shape index (κ1) is 12.5. The number of hydrogen-bond donors (Lipinski definition) is 0. The molecule has 0 N–H and O–H groups in total. The Balaban J connectivity index is 2.16. The molecule has 1 aliphatic carbocycles. The van der Waals surface area contributed by atoms with Gasteiger partial charge in [0.2, 0.25) is 0 Å². The van der Waals surface area contributed by atoms with Crippen molar-refractivity contribution in [3.8, 4) is 0 Å². The van der Waals surface area contributed by atoms with Crippen molar-refractivity contribution in [2.75, 3.05) is 6.61 Å². The highest BCUT2D eigenvalue weighted by Crippen LogP contribution is 2.48. The summed E-state index contributed by atoms with van der Waals surface area (Å²) in [7, 11) is 0. The van der Waals surface area contributed by atoms with E-state index in [0.717, 1.165) is 11.9 Å². The van der Waals surface area contributed by atoms with Gasteiger partial charge in [-0.2, -0.15) is 0 Å². The lowest BCUT2D eigenvalue weighted by Crippen LogP contribution is -2.39. The Bertz CT molecular complexity index is 282. The summed E-state index contributed by atoms with van der Waals surface area (Å²) in [4.78, 5) is 0. The van der Waals surface area contributed by atoms with Crippen molar-refractivity contribution in [3.05, 3.63) is 11.6 Å². The molecule has 1 saturated heterocycles. The fourth-order valence-corrected chi connectivity index (χ4v) is 4.62. The highest BCUT2D eigenvalue weighted by Gasteiger charge is 2.40. The van der Waals surface area contributed by atoms with Crippen molar-refractivity contribution in [2.45, 2.75) is 57.6 Å². The molecule has 16 heavy (non-hydrogen) atoms. The van der Waals surface area contributed by atoms with Gasteiger partial charge in [-0.1, -0.05) is 32.4 Å². The predicted molar refractivity (Wildman–Crippen MR) is 71.7 cm³/mol. The van der Waals surface area contributed by atoms with Crippen LogP contribution < -0.4 is 0 Å². The maximum absolute atomic E-state index is 6.02. The molecule has 0 aromatic rings. The maximum Gasteiger partial charge on any atom is 0.110 e. The van der Waals surface area contributed by atoms with Crippen molar-refractivity contribution in [1.82, 2.24) is 0 Å². The molecule has 0 radical (unpaired) electrons. The van der Waals surface area contributed by atoms with Crippen LogP contribution in [0, 0.1) is 11.3 Å². The number of allylic oxidation sites excluding steroid dienone is 1. The minimum atomic E-state index is 0.385. The quantitative estimate of drug-likeness (QED) is 0.634. The molecule has 92 valence electrons. The van der Waals surface area contributed by atoms with Crippen LogP contribution in [-0.4, -0.2) is 17.3 Å². The third-order valence-electron chi connectivity index (χ3n) is 4.03. The van der Waals surface area contributed by atoms with Crippen LogP contribution in [0.3, 0.4) is 0 Å². The standard InChI is InChI=1S/C14H24OS/c1-10-6-5-8-14(3,4)12(10)13-15-9-7-11(2)16-13/h6,11-13H,5,7-9H2,1-4H3. The second kappa shape index (κ2) is 4.73. The fraction of sp³-hybridized carbons (Fsp3) is 0.857. The monoisotopic (exact) mass is 240 g/mol. The lowest BCUT2D eigenvalue weighted by Gasteiger charge is -2.44. The van der Waals surface area contributed by atoms with E-state index in [9.17, 15) is 0 Å². The Morgan fingerprint density at radius 2 is 2.19 bits per heavy atom. The van der Waals surface area contributed by atoms with Crippen molar-refractivity contribution >= 4 is 11.8 Å². The Hall–Kier alpha value is 0.0500. The lowest BCUT2D eigenvalue weighted by atomic mass is 9.69. The van der Waals surface area contributed by atoms with Crippen LogP contribution in [0.25, 0.3) is 0 Å². The van der Waals surface area contributed by atoms with Gasteiger partial charge in [-0.15, -0.1) is 11.8 Å². The van der Waals surface area contributed by atoms with Crippen molar-refractivity contribution in [2.24, 2.45) is 11.3 Å². The third-order valence-corrected chi connectivity index (χ3v) is 5.41. The van der Waals surface area contributed by atoms with Gasteiger partial charge in [0, 0.05) is 17.8 Å². The molecule has 2 aliphatic rings. The molecule has 1 fully saturated rings. The molecule has 1 aliphatic heterocycles. The van der Waals surface area contributed by atoms with Gasteiger partial charge >= 0.3 is 0 Å². The zero-order valence-corrected chi connectivity index (χ0v) is 11.8. The first-order chi connectivity index (χ1) is 7.50. The Morgan fingerprint density at radius 1 is 1.44 bits per heavy atom. The van der Waals surface area contributed by atoms with Gasteiger partial charge < -0.3 is 4.74 Å². The first-order valence-corrected chi connectivity index (χ1v) is 7.39. The van der Waals surface area contributed by atoms with Crippen molar-refractivity contribution in [1.29, 1.82) is 0 Å². The molecule has 0 spiro atoms. The largest absolute Gasteiger partial charge is 0.367 e. The summed E-state index contributed by atoms with van der Waals surface area (Å²) in [5.74, 6) is 0.606. The van der Waals surface area contributed by atoms with Crippen LogP contribution >= 0.6 is 11.8 Å². The molecule has 0 bridgehead atoms. The van der Waals surface area contributed by atoms with Crippen molar-refractivity contribution in [3.63, 3.8) is 0 Å². The van der Waals surface area contributed by atoms with E-state index in [0.29, 0.717) is 16.8 Å². The molecule has 2 rings (SSSR count). The lowest BCUT2D eigenvalue weighted by molar-refractivity contribution is 0.0265. The second-order valence-electron chi connectivity index (χ2n) is 5.93. The molecule has 0 saturated carbocycles. The summed E-state index contributed by atoms with van der Waals surface area (Å²) in [6.07, 6.45) is 6.16. The first-order valence-electron chi connectivity index (χ1n) is 6.44. The van der Waals surface area contributed by atoms with Crippen LogP contribution in [0.5, 0.6) is 0 Å². The highest BCUT2D eigenvalue weighted by atomic mass is 32.2. The molecule has 0 aromatic carbocycles. The predicted octanol–water partition coefficient (Wildman–Crippen LogP) is 4.24. The minimum absolute atomic E-state index is 0.385. The second-order valence-corrected chi connectivity index (χ2v) is 7.47. The molecular formula is C14H24OS. The van der Waals surface area contributed by atoms with Gasteiger partial charge in [0.15, 0.2) is 0 Å². The Labute approximate surface area is 104 Å². The highest BCUT2D eigenvalue weighted by molar-refractivity contribution is 8.00. The van der Waals surface area contributed by atoms with Gasteiger partial charge in [-0.25, -0.2) is 0 Å². The summed E-state index contributed by atoms with van der Waals surface area (Å²) in [5.41, 5.74) is 2.33. The van der Waals surface area contributed by atoms with Crippen LogP contribution in [0.4, 0.5) is 0 Å². The summed E-state index contributed by atoms with van der Waals surface area (Å²) in [6.45, 7) is 10.4. The average Bonchev–Trinajstić information content (AvgIpc) is 2.15. The van der Waals surface area contributed by atoms with E-state index in [-0.39, 0.29) is 0 Å². The molecule has 3 unspecified atom stereocenters. The van der Waals surface area contributed by atoms with Crippen molar-refractivity contribution < 1.29 is 4.74 Å². The number of rotatable bonds is 1. The van der Waals surface area contributed by atoms with E-state index < -0.39 is 0 Å². The summed E-state index contributed by atoms with van der Waals surface area (Å²) >= 11 is 2.04. The third kappa shape index (κ3) is 2.48. The van der Waals surface area contributed by atoms with Crippen LogP contribution in [0.2, 0.25) is 0 Å². The number of hydrogen-bond acceptors (Lipinski definition) is 2. The van der Waals surface area contributed by atoms with Gasteiger partial charge in [-0.3, -0.25) is 0 Å². The average molecular weight is 240 g/mol. The van der Waals surface area contributed by atoms with Gasteiger partial charge in [-0.05, 0) is 31.6 Å². The van der Waals surface area contributed by atoms with Gasteiger partial charge in [0.05, 0.1) is 0 Å². The normalized spacial score (nSPS) is 39.2. The molecule has 1 heterocycles. The maximum atomic E-state index is 6.02. The van der Waals surface area contributed by atoms with Gasteiger partial charge in [0.25, 0.3) is 0 Å². The zero-order valence-electron chi connectivity index (χ0n) is 11.0. The fourth-order valence-electron chi connectivity index (χ4n) is 3.01. The summed E-state index contributed by atoms with van der Waals surface area (Å²) < 4.78 is 6.02. The Morgan fingerprint density at radius 3 is 2.81 bits per heavy atom. The van der Waals surface area contributed by atoms with E-state index in [2.05, 4.69) is 33.8 Å².